The van der Waals surface area contributed by atoms with Gasteiger partial charge in [-0.25, -0.2) is 4.98 Å². The van der Waals surface area contributed by atoms with Gasteiger partial charge in [0.1, 0.15) is 5.82 Å². The molecule has 0 aliphatic rings. The van der Waals surface area contributed by atoms with E-state index < -0.39 is 0 Å². The van der Waals surface area contributed by atoms with E-state index in [-0.39, 0.29) is 5.91 Å². The van der Waals surface area contributed by atoms with E-state index in [4.69, 9.17) is 4.98 Å². The number of fused-ring (bicyclic) bond motifs is 1. The summed E-state index contributed by atoms with van der Waals surface area (Å²) in [5.74, 6) is 0.928. The first-order valence-corrected chi connectivity index (χ1v) is 8.99. The van der Waals surface area contributed by atoms with Crippen molar-refractivity contribution in [2.45, 2.75) is 33.7 Å². The lowest BCUT2D eigenvalue weighted by Crippen LogP contribution is -2.24. The van der Waals surface area contributed by atoms with Crippen LogP contribution >= 0.6 is 0 Å². The van der Waals surface area contributed by atoms with Crippen LogP contribution in [0, 0.1) is 13.8 Å². The molecule has 134 valence electrons. The van der Waals surface area contributed by atoms with Crippen LogP contribution in [-0.4, -0.2) is 22.0 Å². The molecule has 0 aliphatic carbocycles. The summed E-state index contributed by atoms with van der Waals surface area (Å²) in [5.41, 5.74) is 5.96. The van der Waals surface area contributed by atoms with Crippen LogP contribution in [-0.2, 0) is 17.8 Å². The number of amides is 1. The van der Waals surface area contributed by atoms with Gasteiger partial charge in [0.15, 0.2) is 0 Å². The van der Waals surface area contributed by atoms with Crippen molar-refractivity contribution >= 4 is 16.9 Å². The average molecular weight is 347 g/mol. The van der Waals surface area contributed by atoms with E-state index in [2.05, 4.69) is 48.0 Å². The number of carbonyl (C=O) groups is 1. The van der Waals surface area contributed by atoms with Gasteiger partial charge in [-0.3, -0.25) is 4.79 Å². The van der Waals surface area contributed by atoms with Gasteiger partial charge in [0.25, 0.3) is 0 Å². The molecule has 0 aliphatic heterocycles. The number of nitrogens with one attached hydrogen (secondary N) is 1. The average Bonchev–Trinajstić information content (AvgIpc) is 2.96. The largest absolute Gasteiger partial charge is 0.352 e. The van der Waals surface area contributed by atoms with Crippen LogP contribution in [0.5, 0.6) is 0 Å². The molecule has 4 heteroatoms. The maximum absolute atomic E-state index is 11.6. The Balaban J connectivity index is 1.89. The smallest absolute Gasteiger partial charge is 0.243 e. The predicted octanol–water partition coefficient (Wildman–Crippen LogP) is 3.94. The predicted molar refractivity (Wildman–Crippen MR) is 106 cm³/mol. The van der Waals surface area contributed by atoms with Gasteiger partial charge in [0.2, 0.25) is 5.91 Å². The van der Waals surface area contributed by atoms with Crippen LogP contribution in [0.25, 0.3) is 11.0 Å². The molecule has 0 fully saturated rings. The van der Waals surface area contributed by atoms with E-state index in [0.717, 1.165) is 23.4 Å². The van der Waals surface area contributed by atoms with Crippen LogP contribution < -0.4 is 5.32 Å². The van der Waals surface area contributed by atoms with Gasteiger partial charge >= 0.3 is 0 Å². The molecule has 3 aromatic rings. The molecular formula is C22H25N3O. The lowest BCUT2D eigenvalue weighted by molar-refractivity contribution is -0.116. The lowest BCUT2D eigenvalue weighted by Gasteiger charge is -2.12. The molecule has 2 aromatic carbocycles. The van der Waals surface area contributed by atoms with Crippen molar-refractivity contribution in [3.63, 3.8) is 0 Å². The molecule has 0 saturated heterocycles. The highest BCUT2D eigenvalue weighted by atomic mass is 16.1. The van der Waals surface area contributed by atoms with Crippen molar-refractivity contribution < 1.29 is 4.79 Å². The summed E-state index contributed by atoms with van der Waals surface area (Å²) in [7, 11) is 0. The zero-order valence-corrected chi connectivity index (χ0v) is 15.6. The van der Waals surface area contributed by atoms with E-state index in [1.165, 1.54) is 16.7 Å². The van der Waals surface area contributed by atoms with Crippen molar-refractivity contribution in [3.8, 4) is 0 Å². The summed E-state index contributed by atoms with van der Waals surface area (Å²) in [5, 5.41) is 2.91. The van der Waals surface area contributed by atoms with Crippen LogP contribution in [0.4, 0.5) is 0 Å². The fraction of sp³-hybridized carbons (Fsp3) is 0.273. The Hall–Kier alpha value is -2.88. The number of imidazole rings is 1. The SMILES string of the molecule is C/C=C/C(=O)NCCc1nc2ccccc2n1Cc1cc(C)ccc1C. The topological polar surface area (TPSA) is 46.9 Å². The summed E-state index contributed by atoms with van der Waals surface area (Å²) in [6, 6.07) is 14.7. The van der Waals surface area contributed by atoms with Gasteiger partial charge in [-0.05, 0) is 50.1 Å². The van der Waals surface area contributed by atoms with Crippen LogP contribution in [0.2, 0.25) is 0 Å². The minimum atomic E-state index is -0.0651. The van der Waals surface area contributed by atoms with Crippen LogP contribution in [0.15, 0.2) is 54.6 Å². The number of aromatic nitrogens is 2. The summed E-state index contributed by atoms with van der Waals surface area (Å²) in [4.78, 5) is 16.4. The maximum atomic E-state index is 11.6. The molecule has 1 aromatic heterocycles. The molecule has 4 nitrogen and oxygen atoms in total. The third kappa shape index (κ3) is 4.02. The number of hydrogen-bond donors (Lipinski definition) is 1. The molecule has 26 heavy (non-hydrogen) atoms. The number of benzene rings is 2. The van der Waals surface area contributed by atoms with E-state index in [9.17, 15) is 4.79 Å². The zero-order valence-electron chi connectivity index (χ0n) is 15.6. The molecule has 0 bridgehead atoms. The quantitative estimate of drug-likeness (QED) is 0.687. The van der Waals surface area contributed by atoms with Crippen molar-refractivity contribution in [2.75, 3.05) is 6.54 Å². The van der Waals surface area contributed by atoms with E-state index >= 15 is 0 Å². The molecule has 3 rings (SSSR count). The second kappa shape index (κ2) is 8.00. The first-order chi connectivity index (χ1) is 12.6. The molecule has 0 spiro atoms. The van der Waals surface area contributed by atoms with Crippen LogP contribution in [0.3, 0.4) is 0 Å². The number of rotatable bonds is 6. The van der Waals surface area contributed by atoms with E-state index in [1.807, 2.05) is 25.1 Å². The van der Waals surface area contributed by atoms with Gasteiger partial charge in [-0.2, -0.15) is 0 Å². The third-order valence-corrected chi connectivity index (χ3v) is 4.53. The highest BCUT2D eigenvalue weighted by Crippen LogP contribution is 2.20. The number of allylic oxidation sites excluding steroid dienone is 1. The normalized spacial score (nSPS) is 11.3. The van der Waals surface area contributed by atoms with Crippen molar-refractivity contribution in [1.29, 1.82) is 0 Å². The Morgan fingerprint density at radius 2 is 2.00 bits per heavy atom. The Bertz CT molecular complexity index is 953. The molecule has 0 unspecified atom stereocenters. The number of aryl methyl sites for hydroxylation is 2. The first kappa shape index (κ1) is 17.9. The Morgan fingerprint density at radius 3 is 2.81 bits per heavy atom. The standard InChI is InChI=1S/C22H25N3O/c1-4-7-22(26)23-13-12-21-24-19-8-5-6-9-20(19)25(21)15-18-14-16(2)10-11-17(18)3/h4-11,14H,12-13,15H2,1-3H3,(H,23,26)/b7-4+. The summed E-state index contributed by atoms with van der Waals surface area (Å²) >= 11 is 0. The Morgan fingerprint density at radius 1 is 1.19 bits per heavy atom. The summed E-state index contributed by atoms with van der Waals surface area (Å²) in [6.07, 6.45) is 3.98. The van der Waals surface area contributed by atoms with E-state index in [1.54, 1.807) is 12.2 Å². The lowest BCUT2D eigenvalue weighted by atomic mass is 10.1. The molecule has 1 N–H and O–H groups in total. The molecular weight excluding hydrogens is 322 g/mol. The fourth-order valence-corrected chi connectivity index (χ4v) is 3.14. The van der Waals surface area contributed by atoms with Gasteiger partial charge in [-0.15, -0.1) is 0 Å². The third-order valence-electron chi connectivity index (χ3n) is 4.53. The fourth-order valence-electron chi connectivity index (χ4n) is 3.14. The van der Waals surface area contributed by atoms with Gasteiger partial charge in [0, 0.05) is 19.5 Å². The molecule has 1 amide bonds. The Kier molecular flexibility index (Phi) is 5.52. The molecule has 0 radical (unpaired) electrons. The van der Waals surface area contributed by atoms with Crippen LogP contribution in [0.1, 0.15) is 29.4 Å². The zero-order chi connectivity index (χ0) is 18.5. The highest BCUT2D eigenvalue weighted by molar-refractivity contribution is 5.87. The van der Waals surface area contributed by atoms with E-state index in [0.29, 0.717) is 13.0 Å². The second-order valence-corrected chi connectivity index (χ2v) is 6.57. The maximum Gasteiger partial charge on any atom is 0.243 e. The van der Waals surface area contributed by atoms with Gasteiger partial charge in [0.05, 0.1) is 11.0 Å². The summed E-state index contributed by atoms with van der Waals surface area (Å²) in [6.45, 7) is 7.45. The highest BCUT2D eigenvalue weighted by Gasteiger charge is 2.12. The van der Waals surface area contributed by atoms with Gasteiger partial charge < -0.3 is 9.88 Å². The molecule has 0 atom stereocenters. The number of hydrogen-bond acceptors (Lipinski definition) is 2. The van der Waals surface area contributed by atoms with Crippen molar-refractivity contribution in [2.24, 2.45) is 0 Å². The number of para-hydroxylation sites is 2. The molecule has 1 heterocycles. The minimum absolute atomic E-state index is 0.0651. The monoisotopic (exact) mass is 347 g/mol. The van der Waals surface area contributed by atoms with Gasteiger partial charge in [-0.1, -0.05) is 42.0 Å². The minimum Gasteiger partial charge on any atom is -0.352 e. The Labute approximate surface area is 154 Å². The number of nitrogens with zero attached hydrogens (tertiary/aromatic N) is 2. The van der Waals surface area contributed by atoms with Crippen molar-refractivity contribution in [3.05, 3.63) is 77.1 Å². The molecule has 0 saturated carbocycles. The first-order valence-electron chi connectivity index (χ1n) is 8.99. The number of carbonyl (C=O) groups excluding carboxylic acids is 1. The summed E-state index contributed by atoms with van der Waals surface area (Å²) < 4.78 is 2.26. The second-order valence-electron chi connectivity index (χ2n) is 6.57. The van der Waals surface area contributed by atoms with Crippen molar-refractivity contribution in [1.82, 2.24) is 14.9 Å².